The molecule has 0 aliphatic carbocycles. The molecule has 7 heteroatoms. The highest BCUT2D eigenvalue weighted by atomic mass is 16.6. The molecular formula is C18H24N2O5. The van der Waals surface area contributed by atoms with Crippen molar-refractivity contribution in [2.24, 2.45) is 0 Å². The Balaban J connectivity index is 2.32. The first-order chi connectivity index (χ1) is 11.7. The highest BCUT2D eigenvalue weighted by Crippen LogP contribution is 2.12. The second-order valence-corrected chi connectivity index (χ2v) is 6.15. The Labute approximate surface area is 147 Å². The number of nitrogens with one attached hydrogen (secondary N) is 2. The van der Waals surface area contributed by atoms with Gasteiger partial charge in [-0.3, -0.25) is 9.59 Å². The smallest absolute Gasteiger partial charge is 0.407 e. The largest absolute Gasteiger partial charge is 0.497 e. The Morgan fingerprint density at radius 1 is 1.00 bits per heavy atom. The van der Waals surface area contributed by atoms with Crippen molar-refractivity contribution < 1.29 is 23.9 Å². The number of ketones is 1. The molecule has 2 amide bonds. The van der Waals surface area contributed by atoms with Gasteiger partial charge < -0.3 is 20.1 Å². The quantitative estimate of drug-likeness (QED) is 0.447. The molecule has 0 saturated heterocycles. The number of hydrogen-bond donors (Lipinski definition) is 2. The van der Waals surface area contributed by atoms with Crippen molar-refractivity contribution in [1.82, 2.24) is 10.6 Å². The van der Waals surface area contributed by atoms with E-state index in [1.54, 1.807) is 52.1 Å². The summed E-state index contributed by atoms with van der Waals surface area (Å²) in [7, 11) is 1.54. The van der Waals surface area contributed by atoms with Crippen LogP contribution in [0, 0.1) is 0 Å². The first kappa shape index (κ1) is 20.2. The predicted molar refractivity (Wildman–Crippen MR) is 93.7 cm³/mol. The van der Waals surface area contributed by atoms with Gasteiger partial charge in [0.15, 0.2) is 5.78 Å². The summed E-state index contributed by atoms with van der Waals surface area (Å²) in [4.78, 5) is 35.0. The number of carbonyl (C=O) groups is 3. The van der Waals surface area contributed by atoms with Crippen molar-refractivity contribution in [2.45, 2.75) is 26.4 Å². The first-order valence-electron chi connectivity index (χ1n) is 7.82. The Kier molecular flexibility index (Phi) is 7.65. The van der Waals surface area contributed by atoms with Crippen LogP contribution in [0.3, 0.4) is 0 Å². The van der Waals surface area contributed by atoms with Gasteiger partial charge in [0.25, 0.3) is 0 Å². The summed E-state index contributed by atoms with van der Waals surface area (Å²) in [6.45, 7) is 5.73. The van der Waals surface area contributed by atoms with E-state index < -0.39 is 17.6 Å². The van der Waals surface area contributed by atoms with E-state index in [1.807, 2.05) is 0 Å². The molecular weight excluding hydrogens is 324 g/mol. The summed E-state index contributed by atoms with van der Waals surface area (Å²) in [5.41, 5.74) is -0.117. The maximum absolute atomic E-state index is 11.9. The molecule has 1 aromatic carbocycles. The zero-order valence-electron chi connectivity index (χ0n) is 14.9. The summed E-state index contributed by atoms with van der Waals surface area (Å²) in [6, 6.07) is 6.58. The van der Waals surface area contributed by atoms with Crippen molar-refractivity contribution in [2.75, 3.05) is 20.2 Å². The summed E-state index contributed by atoms with van der Waals surface area (Å²) < 4.78 is 10.1. The lowest BCUT2D eigenvalue weighted by molar-refractivity contribution is -0.116. The van der Waals surface area contributed by atoms with Crippen LogP contribution in [0.15, 0.2) is 36.4 Å². The van der Waals surface area contributed by atoms with Crippen LogP contribution in [0.25, 0.3) is 0 Å². The molecule has 0 heterocycles. The number of methoxy groups -OCH3 is 1. The Hall–Kier alpha value is -2.83. The number of hydrogen-bond acceptors (Lipinski definition) is 5. The minimum Gasteiger partial charge on any atom is -0.497 e. The molecule has 0 atom stereocenters. The maximum Gasteiger partial charge on any atom is 0.407 e. The first-order valence-corrected chi connectivity index (χ1v) is 7.82. The fraction of sp³-hybridized carbons (Fsp3) is 0.389. The van der Waals surface area contributed by atoms with Crippen LogP contribution in [-0.2, 0) is 9.53 Å². The van der Waals surface area contributed by atoms with Crippen LogP contribution >= 0.6 is 0 Å². The van der Waals surface area contributed by atoms with E-state index in [0.717, 1.165) is 6.08 Å². The van der Waals surface area contributed by atoms with Crippen molar-refractivity contribution in [3.8, 4) is 5.75 Å². The van der Waals surface area contributed by atoms with Crippen LogP contribution in [0.1, 0.15) is 31.1 Å². The summed E-state index contributed by atoms with van der Waals surface area (Å²) in [5, 5.41) is 5.08. The molecule has 0 bridgehead atoms. The number of ether oxygens (including phenoxy) is 2. The van der Waals surface area contributed by atoms with Gasteiger partial charge >= 0.3 is 6.09 Å². The monoisotopic (exact) mass is 348 g/mol. The molecule has 1 rings (SSSR count). The van der Waals surface area contributed by atoms with E-state index >= 15 is 0 Å². The van der Waals surface area contributed by atoms with Gasteiger partial charge in [-0.25, -0.2) is 4.79 Å². The highest BCUT2D eigenvalue weighted by Gasteiger charge is 2.15. The van der Waals surface area contributed by atoms with Gasteiger partial charge in [-0.15, -0.1) is 0 Å². The molecule has 0 spiro atoms. The van der Waals surface area contributed by atoms with Gasteiger partial charge in [0.05, 0.1) is 7.11 Å². The SMILES string of the molecule is COc1ccc(C(=O)/C=C/C(=O)NCCNC(=O)OC(C)(C)C)cc1. The van der Waals surface area contributed by atoms with Gasteiger partial charge in [-0.05, 0) is 51.1 Å². The average molecular weight is 348 g/mol. The zero-order valence-corrected chi connectivity index (χ0v) is 14.9. The summed E-state index contributed by atoms with van der Waals surface area (Å²) in [5.74, 6) is -0.0618. The molecule has 0 aliphatic rings. The van der Waals surface area contributed by atoms with Gasteiger partial charge in [0.2, 0.25) is 5.91 Å². The lowest BCUT2D eigenvalue weighted by Gasteiger charge is -2.19. The fourth-order valence-corrected chi connectivity index (χ4v) is 1.73. The molecule has 1 aromatic rings. The topological polar surface area (TPSA) is 93.7 Å². The molecule has 136 valence electrons. The minimum absolute atomic E-state index is 0.221. The molecule has 0 unspecified atom stereocenters. The maximum atomic E-state index is 11.9. The Bertz CT molecular complexity index is 630. The normalized spacial score (nSPS) is 11.0. The number of benzene rings is 1. The molecule has 0 aromatic heterocycles. The highest BCUT2D eigenvalue weighted by molar-refractivity contribution is 6.07. The standard InChI is InChI=1S/C18H24N2O5/c1-18(2,3)25-17(23)20-12-11-19-16(22)10-9-15(21)13-5-7-14(24-4)8-6-13/h5-10H,11-12H2,1-4H3,(H,19,22)(H,20,23)/b10-9+. The second kappa shape index (κ2) is 9.46. The third kappa shape index (κ3) is 8.55. The Morgan fingerprint density at radius 2 is 1.60 bits per heavy atom. The molecule has 0 saturated carbocycles. The average Bonchev–Trinajstić information content (AvgIpc) is 2.55. The third-order valence-corrected chi connectivity index (χ3v) is 2.85. The van der Waals surface area contributed by atoms with Crippen LogP contribution in [0.5, 0.6) is 5.75 Å². The lowest BCUT2D eigenvalue weighted by Crippen LogP contribution is -2.37. The third-order valence-electron chi connectivity index (χ3n) is 2.85. The van der Waals surface area contributed by atoms with Crippen molar-refractivity contribution in [3.05, 3.63) is 42.0 Å². The number of rotatable bonds is 7. The molecule has 0 radical (unpaired) electrons. The van der Waals surface area contributed by atoms with Crippen LogP contribution in [0.2, 0.25) is 0 Å². The van der Waals surface area contributed by atoms with E-state index in [9.17, 15) is 14.4 Å². The molecule has 0 fully saturated rings. The molecule has 0 aliphatic heterocycles. The van der Waals surface area contributed by atoms with Crippen molar-refractivity contribution in [3.63, 3.8) is 0 Å². The minimum atomic E-state index is -0.572. The second-order valence-electron chi connectivity index (χ2n) is 6.15. The van der Waals surface area contributed by atoms with Crippen LogP contribution in [0.4, 0.5) is 4.79 Å². The van der Waals surface area contributed by atoms with E-state index in [0.29, 0.717) is 11.3 Å². The van der Waals surface area contributed by atoms with E-state index in [-0.39, 0.29) is 18.9 Å². The zero-order chi connectivity index (χ0) is 18.9. The molecule has 2 N–H and O–H groups in total. The van der Waals surface area contributed by atoms with E-state index in [2.05, 4.69) is 10.6 Å². The molecule has 7 nitrogen and oxygen atoms in total. The van der Waals surface area contributed by atoms with Crippen LogP contribution < -0.4 is 15.4 Å². The predicted octanol–water partition coefficient (Wildman–Crippen LogP) is 2.07. The van der Waals surface area contributed by atoms with Gasteiger partial charge in [0, 0.05) is 24.7 Å². The van der Waals surface area contributed by atoms with Crippen LogP contribution in [-0.4, -0.2) is 43.6 Å². The number of allylic oxidation sites excluding steroid dienone is 1. The molecule has 25 heavy (non-hydrogen) atoms. The number of amides is 2. The number of carbonyl (C=O) groups excluding carboxylic acids is 3. The van der Waals surface area contributed by atoms with E-state index in [1.165, 1.54) is 6.08 Å². The number of alkyl carbamates (subject to hydrolysis) is 1. The summed E-state index contributed by atoms with van der Waals surface area (Å²) in [6.07, 6.45) is 1.80. The van der Waals surface area contributed by atoms with Crippen molar-refractivity contribution in [1.29, 1.82) is 0 Å². The van der Waals surface area contributed by atoms with E-state index in [4.69, 9.17) is 9.47 Å². The van der Waals surface area contributed by atoms with Gasteiger partial charge in [-0.2, -0.15) is 0 Å². The lowest BCUT2D eigenvalue weighted by atomic mass is 10.1. The summed E-state index contributed by atoms with van der Waals surface area (Å²) >= 11 is 0. The Morgan fingerprint density at radius 3 is 2.16 bits per heavy atom. The van der Waals surface area contributed by atoms with Crippen molar-refractivity contribution >= 4 is 17.8 Å². The van der Waals surface area contributed by atoms with Gasteiger partial charge in [-0.1, -0.05) is 0 Å². The van der Waals surface area contributed by atoms with Gasteiger partial charge in [0.1, 0.15) is 11.4 Å². The fourth-order valence-electron chi connectivity index (χ4n) is 1.73.